The van der Waals surface area contributed by atoms with E-state index >= 15 is 0 Å². The van der Waals surface area contributed by atoms with Crippen LogP contribution in [0.1, 0.15) is 17.5 Å². The van der Waals surface area contributed by atoms with Gasteiger partial charge < -0.3 is 23.9 Å². The molecule has 0 atom stereocenters. The van der Waals surface area contributed by atoms with E-state index in [1.165, 1.54) is 13.2 Å². The summed E-state index contributed by atoms with van der Waals surface area (Å²) in [7, 11) is 5.00. The number of methoxy groups -OCH3 is 2. The SMILES string of the molecule is CNCCCOc1c(C)cc(-c2cc(=O)c3c(OC)cc(OC)cc3o2)cc1C. The third-order valence-corrected chi connectivity index (χ3v) is 4.79. The number of nitrogens with one attached hydrogen (secondary N) is 1. The molecule has 0 amide bonds. The van der Waals surface area contributed by atoms with Gasteiger partial charge in [0.1, 0.15) is 34.0 Å². The molecule has 29 heavy (non-hydrogen) atoms. The molecular formula is C23H27NO5. The van der Waals surface area contributed by atoms with Crippen LogP contribution in [0.15, 0.2) is 39.5 Å². The van der Waals surface area contributed by atoms with Gasteiger partial charge in [-0.3, -0.25) is 4.79 Å². The van der Waals surface area contributed by atoms with Crippen molar-refractivity contribution in [2.45, 2.75) is 20.3 Å². The van der Waals surface area contributed by atoms with Gasteiger partial charge in [0.25, 0.3) is 0 Å². The molecule has 0 spiro atoms. The van der Waals surface area contributed by atoms with Crippen LogP contribution in [0, 0.1) is 13.8 Å². The van der Waals surface area contributed by atoms with Crippen molar-refractivity contribution in [2.75, 3.05) is 34.4 Å². The van der Waals surface area contributed by atoms with Gasteiger partial charge in [-0.05, 0) is 57.1 Å². The molecule has 2 aromatic carbocycles. The zero-order valence-electron chi connectivity index (χ0n) is 17.5. The highest BCUT2D eigenvalue weighted by Crippen LogP contribution is 2.34. The average Bonchev–Trinajstić information content (AvgIpc) is 2.71. The summed E-state index contributed by atoms with van der Waals surface area (Å²) in [5.74, 6) is 2.35. The molecular weight excluding hydrogens is 370 g/mol. The zero-order valence-corrected chi connectivity index (χ0v) is 17.5. The second kappa shape index (κ2) is 9.01. The Hall–Kier alpha value is -2.99. The molecule has 1 N–H and O–H groups in total. The van der Waals surface area contributed by atoms with E-state index in [0.717, 1.165) is 35.4 Å². The van der Waals surface area contributed by atoms with Gasteiger partial charge in [-0.25, -0.2) is 0 Å². The number of rotatable bonds is 8. The van der Waals surface area contributed by atoms with Crippen LogP contribution >= 0.6 is 0 Å². The third-order valence-electron chi connectivity index (χ3n) is 4.79. The Bertz CT molecular complexity index is 1050. The second-order valence-electron chi connectivity index (χ2n) is 6.92. The molecule has 1 heterocycles. The first-order valence-corrected chi connectivity index (χ1v) is 9.57. The van der Waals surface area contributed by atoms with Crippen molar-refractivity contribution in [1.82, 2.24) is 5.32 Å². The average molecular weight is 397 g/mol. The monoisotopic (exact) mass is 397 g/mol. The van der Waals surface area contributed by atoms with Crippen molar-refractivity contribution in [1.29, 1.82) is 0 Å². The fourth-order valence-corrected chi connectivity index (χ4v) is 3.39. The molecule has 0 bridgehead atoms. The summed E-state index contributed by atoms with van der Waals surface area (Å²) < 4.78 is 22.7. The van der Waals surface area contributed by atoms with Crippen LogP contribution in [-0.2, 0) is 0 Å². The first-order chi connectivity index (χ1) is 14.0. The van der Waals surface area contributed by atoms with Gasteiger partial charge in [0, 0.05) is 23.8 Å². The van der Waals surface area contributed by atoms with Gasteiger partial charge in [-0.1, -0.05) is 0 Å². The predicted octanol–water partition coefficient (Wildman–Crippen LogP) is 4.08. The van der Waals surface area contributed by atoms with Crippen LogP contribution in [0.25, 0.3) is 22.3 Å². The zero-order chi connectivity index (χ0) is 21.0. The fraction of sp³-hybridized carbons (Fsp3) is 0.348. The second-order valence-corrected chi connectivity index (χ2v) is 6.92. The molecule has 1 aromatic heterocycles. The fourth-order valence-electron chi connectivity index (χ4n) is 3.39. The van der Waals surface area contributed by atoms with Crippen molar-refractivity contribution >= 4 is 11.0 Å². The van der Waals surface area contributed by atoms with Crippen LogP contribution in [0.4, 0.5) is 0 Å². The molecule has 0 fully saturated rings. The van der Waals surface area contributed by atoms with Gasteiger partial charge >= 0.3 is 0 Å². The summed E-state index contributed by atoms with van der Waals surface area (Å²) in [6, 6.07) is 8.82. The summed E-state index contributed by atoms with van der Waals surface area (Å²) in [5, 5.41) is 3.51. The van der Waals surface area contributed by atoms with Gasteiger partial charge in [0.15, 0.2) is 5.43 Å². The van der Waals surface area contributed by atoms with Crippen LogP contribution in [0.5, 0.6) is 17.2 Å². The van der Waals surface area contributed by atoms with Crippen molar-refractivity contribution in [3.05, 3.63) is 51.7 Å². The Morgan fingerprint density at radius 2 is 1.72 bits per heavy atom. The third kappa shape index (κ3) is 4.38. The maximum absolute atomic E-state index is 12.8. The molecule has 0 aliphatic rings. The van der Waals surface area contributed by atoms with E-state index in [2.05, 4.69) is 5.32 Å². The molecule has 154 valence electrons. The largest absolute Gasteiger partial charge is 0.496 e. The summed E-state index contributed by atoms with van der Waals surface area (Å²) in [5.41, 5.74) is 3.07. The Labute approximate surface area is 170 Å². The summed E-state index contributed by atoms with van der Waals surface area (Å²) in [6.07, 6.45) is 0.931. The first kappa shape index (κ1) is 20.7. The molecule has 6 heteroatoms. The Balaban J connectivity index is 2.03. The van der Waals surface area contributed by atoms with Gasteiger partial charge in [0.05, 0.1) is 20.8 Å². The van der Waals surface area contributed by atoms with Gasteiger partial charge in [-0.2, -0.15) is 0 Å². The van der Waals surface area contributed by atoms with E-state index in [4.69, 9.17) is 18.6 Å². The number of benzene rings is 2. The molecule has 0 unspecified atom stereocenters. The minimum atomic E-state index is -0.163. The van der Waals surface area contributed by atoms with Gasteiger partial charge in [-0.15, -0.1) is 0 Å². The topological polar surface area (TPSA) is 69.9 Å². The highest BCUT2D eigenvalue weighted by atomic mass is 16.5. The van der Waals surface area contributed by atoms with Crippen molar-refractivity contribution in [2.24, 2.45) is 0 Å². The standard InChI is InChI=1S/C23H27NO5/c1-14-9-16(10-15(2)23(14)28-8-6-7-24-3)19-13-18(25)22-20(27-5)11-17(26-4)12-21(22)29-19/h9-13,24H,6-8H2,1-5H3. The molecule has 0 radical (unpaired) electrons. The number of hydrogen-bond donors (Lipinski definition) is 1. The lowest BCUT2D eigenvalue weighted by Gasteiger charge is -2.14. The highest BCUT2D eigenvalue weighted by Gasteiger charge is 2.15. The Morgan fingerprint density at radius 1 is 1.00 bits per heavy atom. The molecule has 6 nitrogen and oxygen atoms in total. The Kier molecular flexibility index (Phi) is 6.44. The van der Waals surface area contributed by atoms with E-state index in [-0.39, 0.29) is 5.43 Å². The molecule has 0 saturated carbocycles. The van der Waals surface area contributed by atoms with E-state index in [1.54, 1.807) is 19.2 Å². The van der Waals surface area contributed by atoms with E-state index in [1.807, 2.05) is 33.0 Å². The molecule has 0 aliphatic heterocycles. The maximum atomic E-state index is 12.8. The molecule has 0 saturated heterocycles. The molecule has 0 aliphatic carbocycles. The van der Waals surface area contributed by atoms with E-state index in [9.17, 15) is 4.79 Å². The maximum Gasteiger partial charge on any atom is 0.197 e. The smallest absolute Gasteiger partial charge is 0.197 e. The summed E-state index contributed by atoms with van der Waals surface area (Å²) in [6.45, 7) is 5.54. The van der Waals surface area contributed by atoms with Crippen LogP contribution in [-0.4, -0.2) is 34.4 Å². The highest BCUT2D eigenvalue weighted by molar-refractivity contribution is 5.86. The Morgan fingerprint density at radius 3 is 2.34 bits per heavy atom. The predicted molar refractivity (Wildman–Crippen MR) is 115 cm³/mol. The molecule has 3 rings (SSSR count). The van der Waals surface area contributed by atoms with Crippen molar-refractivity contribution in [3.8, 4) is 28.6 Å². The number of hydrogen-bond acceptors (Lipinski definition) is 6. The summed E-state index contributed by atoms with van der Waals surface area (Å²) in [4.78, 5) is 12.8. The lowest BCUT2D eigenvalue weighted by molar-refractivity contribution is 0.306. The summed E-state index contributed by atoms with van der Waals surface area (Å²) >= 11 is 0. The first-order valence-electron chi connectivity index (χ1n) is 9.57. The quantitative estimate of drug-likeness (QED) is 0.578. The van der Waals surface area contributed by atoms with Crippen molar-refractivity contribution in [3.63, 3.8) is 0 Å². The number of fused-ring (bicyclic) bond motifs is 1. The molecule has 3 aromatic rings. The lowest BCUT2D eigenvalue weighted by Crippen LogP contribution is -2.12. The number of ether oxygens (including phenoxy) is 3. The minimum absolute atomic E-state index is 0.163. The lowest BCUT2D eigenvalue weighted by atomic mass is 10.0. The van der Waals surface area contributed by atoms with Crippen LogP contribution in [0.3, 0.4) is 0 Å². The van der Waals surface area contributed by atoms with Crippen LogP contribution in [0.2, 0.25) is 0 Å². The normalized spacial score (nSPS) is 10.9. The van der Waals surface area contributed by atoms with Crippen molar-refractivity contribution < 1.29 is 18.6 Å². The van der Waals surface area contributed by atoms with E-state index in [0.29, 0.717) is 34.8 Å². The van der Waals surface area contributed by atoms with Crippen LogP contribution < -0.4 is 25.0 Å². The van der Waals surface area contributed by atoms with E-state index < -0.39 is 0 Å². The van der Waals surface area contributed by atoms with Gasteiger partial charge in [0.2, 0.25) is 0 Å². The number of aryl methyl sites for hydroxylation is 2. The minimum Gasteiger partial charge on any atom is -0.496 e.